The molecule has 23 heavy (non-hydrogen) atoms. The van der Waals surface area contributed by atoms with Gasteiger partial charge in [0, 0.05) is 23.3 Å². The van der Waals surface area contributed by atoms with E-state index < -0.39 is 16.0 Å². The number of nitro benzene ring substituents is 1. The van der Waals surface area contributed by atoms with Gasteiger partial charge in [0.1, 0.15) is 29.1 Å². The van der Waals surface area contributed by atoms with E-state index in [1.807, 2.05) is 0 Å². The fourth-order valence-corrected chi connectivity index (χ4v) is 2.66. The number of H-pyrrole nitrogens is 1. The third kappa shape index (κ3) is 2.69. The Hall–Kier alpha value is -3.07. The third-order valence-electron chi connectivity index (χ3n) is 2.96. The van der Waals surface area contributed by atoms with Gasteiger partial charge < -0.3 is 10.7 Å². The van der Waals surface area contributed by atoms with E-state index in [1.165, 1.54) is 0 Å². The molecular formula is C13H5Cl2N5O3. The largest absolute Gasteiger partial charge is 0.384 e. The van der Waals surface area contributed by atoms with E-state index in [2.05, 4.69) is 4.98 Å². The zero-order chi connectivity index (χ0) is 17.3. The van der Waals surface area contributed by atoms with Gasteiger partial charge in [0.2, 0.25) is 0 Å². The molecule has 10 heteroatoms. The molecule has 0 fully saturated rings. The van der Waals surface area contributed by atoms with Crippen LogP contribution in [0.25, 0.3) is 11.1 Å². The van der Waals surface area contributed by atoms with Crippen molar-refractivity contribution in [1.82, 2.24) is 4.98 Å². The van der Waals surface area contributed by atoms with Gasteiger partial charge in [-0.3, -0.25) is 14.9 Å². The van der Waals surface area contributed by atoms with E-state index in [0.29, 0.717) is 0 Å². The summed E-state index contributed by atoms with van der Waals surface area (Å²) in [4.78, 5) is 24.2. The first-order valence-electron chi connectivity index (χ1n) is 5.81. The number of nitrogens with zero attached hydrogens (tertiary/aromatic N) is 3. The van der Waals surface area contributed by atoms with Gasteiger partial charge in [-0.2, -0.15) is 10.5 Å². The first-order chi connectivity index (χ1) is 10.8. The summed E-state index contributed by atoms with van der Waals surface area (Å²) in [5.74, 6) is -0.267. The fourth-order valence-electron chi connectivity index (χ4n) is 2.00. The zero-order valence-corrected chi connectivity index (χ0v) is 12.6. The molecule has 8 nitrogen and oxygen atoms in total. The zero-order valence-electron chi connectivity index (χ0n) is 11.1. The molecule has 0 spiro atoms. The molecule has 0 radical (unpaired) electrons. The topological polar surface area (TPSA) is 150 Å². The molecule has 0 atom stereocenters. The molecule has 2 rings (SSSR count). The van der Waals surface area contributed by atoms with Crippen LogP contribution in [0.4, 0.5) is 11.5 Å². The van der Waals surface area contributed by atoms with Crippen LogP contribution < -0.4 is 11.3 Å². The highest BCUT2D eigenvalue weighted by molar-refractivity contribution is 6.39. The van der Waals surface area contributed by atoms with Gasteiger partial charge >= 0.3 is 0 Å². The molecule has 0 bridgehead atoms. The second-order valence-electron chi connectivity index (χ2n) is 4.26. The number of aromatic nitrogens is 1. The molecule has 0 unspecified atom stereocenters. The van der Waals surface area contributed by atoms with Crippen molar-refractivity contribution < 1.29 is 4.92 Å². The predicted molar refractivity (Wildman–Crippen MR) is 83.0 cm³/mol. The molecular weight excluding hydrogens is 345 g/mol. The van der Waals surface area contributed by atoms with Gasteiger partial charge in [0.05, 0.1) is 15.0 Å². The molecule has 3 N–H and O–H groups in total. The minimum absolute atomic E-state index is 0.0511. The first kappa shape index (κ1) is 16.3. The number of anilines is 1. The maximum atomic E-state index is 11.9. The molecule has 0 amide bonds. The van der Waals surface area contributed by atoms with Crippen molar-refractivity contribution in [2.45, 2.75) is 0 Å². The number of nitrogens with two attached hydrogens (primary N) is 1. The number of rotatable bonds is 2. The number of nitro groups is 1. The van der Waals surface area contributed by atoms with Crippen LogP contribution >= 0.6 is 23.2 Å². The Morgan fingerprint density at radius 3 is 2.09 bits per heavy atom. The summed E-state index contributed by atoms with van der Waals surface area (Å²) in [5, 5.41) is 28.9. The van der Waals surface area contributed by atoms with E-state index in [0.717, 1.165) is 12.1 Å². The lowest BCUT2D eigenvalue weighted by Gasteiger charge is -2.12. The SMILES string of the molecule is N#Cc1c(N)[nH]c(=O)c(C#N)c1-c1c(Cl)cc([N+](=O)[O-])cc1Cl. The van der Waals surface area contributed by atoms with Crippen LogP contribution in [0.15, 0.2) is 16.9 Å². The second kappa shape index (κ2) is 5.97. The summed E-state index contributed by atoms with van der Waals surface area (Å²) in [6.07, 6.45) is 0. The summed E-state index contributed by atoms with van der Waals surface area (Å²) < 4.78 is 0. The highest BCUT2D eigenvalue weighted by Crippen LogP contribution is 2.40. The predicted octanol–water partition coefficient (Wildman–Crippen LogP) is 2.58. The Morgan fingerprint density at radius 2 is 1.65 bits per heavy atom. The number of aromatic amines is 1. The smallest absolute Gasteiger partial charge is 0.272 e. The number of nitrogens with one attached hydrogen (secondary N) is 1. The second-order valence-corrected chi connectivity index (χ2v) is 5.07. The number of pyridine rings is 1. The van der Waals surface area contributed by atoms with Crippen molar-refractivity contribution in [3.63, 3.8) is 0 Å². The molecule has 0 aliphatic rings. The lowest BCUT2D eigenvalue weighted by Crippen LogP contribution is -2.16. The van der Waals surface area contributed by atoms with Crippen LogP contribution in [0, 0.1) is 32.8 Å². The molecule has 1 aromatic carbocycles. The van der Waals surface area contributed by atoms with Gasteiger partial charge in [-0.15, -0.1) is 0 Å². The lowest BCUT2D eigenvalue weighted by atomic mass is 9.96. The third-order valence-corrected chi connectivity index (χ3v) is 3.55. The van der Waals surface area contributed by atoms with Crippen molar-refractivity contribution >= 4 is 34.7 Å². The number of non-ortho nitro benzene ring substituents is 1. The highest BCUT2D eigenvalue weighted by Gasteiger charge is 2.24. The molecule has 1 heterocycles. The molecule has 0 saturated heterocycles. The molecule has 0 saturated carbocycles. The normalized spacial score (nSPS) is 9.91. The number of hydrogen-bond donors (Lipinski definition) is 2. The van der Waals surface area contributed by atoms with E-state index in [1.54, 1.807) is 12.1 Å². The summed E-state index contributed by atoms with van der Waals surface area (Å²) in [6.45, 7) is 0. The van der Waals surface area contributed by atoms with Crippen molar-refractivity contribution in [1.29, 1.82) is 10.5 Å². The first-order valence-corrected chi connectivity index (χ1v) is 6.57. The average Bonchev–Trinajstić information content (AvgIpc) is 2.46. The maximum absolute atomic E-state index is 11.9. The van der Waals surface area contributed by atoms with Gasteiger partial charge in [-0.25, -0.2) is 0 Å². The van der Waals surface area contributed by atoms with E-state index >= 15 is 0 Å². The van der Waals surface area contributed by atoms with Crippen molar-refractivity contribution in [2.24, 2.45) is 0 Å². The van der Waals surface area contributed by atoms with Crippen LogP contribution in [-0.2, 0) is 0 Å². The Kier molecular flexibility index (Phi) is 4.23. The summed E-state index contributed by atoms with van der Waals surface area (Å²) >= 11 is 12.0. The number of hydrogen-bond acceptors (Lipinski definition) is 6. The van der Waals surface area contributed by atoms with E-state index in [4.69, 9.17) is 28.9 Å². The summed E-state index contributed by atoms with van der Waals surface area (Å²) in [5.41, 5.74) is 3.54. The minimum atomic E-state index is -0.829. The number of benzene rings is 1. The van der Waals surface area contributed by atoms with Crippen molar-refractivity contribution in [3.05, 3.63) is 53.8 Å². The Morgan fingerprint density at radius 1 is 1.13 bits per heavy atom. The molecule has 2 aromatic rings. The molecule has 0 aliphatic carbocycles. The van der Waals surface area contributed by atoms with Crippen LogP contribution in [0.5, 0.6) is 0 Å². The van der Waals surface area contributed by atoms with Crippen LogP contribution in [-0.4, -0.2) is 9.91 Å². The Labute approximate surface area is 138 Å². The molecule has 1 aromatic heterocycles. The van der Waals surface area contributed by atoms with Crippen LogP contribution in [0.2, 0.25) is 10.0 Å². The standard InChI is InChI=1S/C13H5Cl2N5O3/c14-8-1-5(20(22)23)2-9(15)11(8)10-6(3-16)12(18)19-13(21)7(10)4-17/h1-2H,(H3,18,19,21). The molecule has 114 valence electrons. The van der Waals surface area contributed by atoms with Gasteiger partial charge in [-0.1, -0.05) is 23.2 Å². The number of nitriles is 2. The van der Waals surface area contributed by atoms with Crippen molar-refractivity contribution in [3.8, 4) is 23.3 Å². The Balaban J connectivity index is 3.00. The van der Waals surface area contributed by atoms with Gasteiger partial charge in [0.15, 0.2) is 0 Å². The Bertz CT molecular complexity index is 962. The fraction of sp³-hybridized carbons (Fsp3) is 0. The van der Waals surface area contributed by atoms with Crippen molar-refractivity contribution in [2.75, 3.05) is 5.73 Å². The van der Waals surface area contributed by atoms with Crippen LogP contribution in [0.1, 0.15) is 11.1 Å². The van der Waals surface area contributed by atoms with Gasteiger partial charge in [-0.05, 0) is 0 Å². The van der Waals surface area contributed by atoms with E-state index in [9.17, 15) is 25.4 Å². The number of halogens is 2. The van der Waals surface area contributed by atoms with E-state index in [-0.39, 0.29) is 38.2 Å². The average molecular weight is 350 g/mol. The van der Waals surface area contributed by atoms with Gasteiger partial charge in [0.25, 0.3) is 11.2 Å². The monoisotopic (exact) mass is 349 g/mol. The summed E-state index contributed by atoms with van der Waals surface area (Å²) in [7, 11) is 0. The highest BCUT2D eigenvalue weighted by atomic mass is 35.5. The number of nitrogen functional groups attached to an aromatic ring is 1. The maximum Gasteiger partial charge on any atom is 0.272 e. The summed E-state index contributed by atoms with van der Waals surface area (Å²) in [6, 6.07) is 5.42. The minimum Gasteiger partial charge on any atom is -0.384 e. The quantitative estimate of drug-likeness (QED) is 0.628. The van der Waals surface area contributed by atoms with Crippen LogP contribution in [0.3, 0.4) is 0 Å². The molecule has 0 aliphatic heterocycles. The lowest BCUT2D eigenvalue weighted by molar-refractivity contribution is -0.384.